The maximum atomic E-state index is 13.5. The molecule has 1 unspecified atom stereocenters. The van der Waals surface area contributed by atoms with Crippen molar-refractivity contribution in [3.63, 3.8) is 0 Å². The molecule has 0 radical (unpaired) electrons. The monoisotopic (exact) mass is 508 g/mol. The van der Waals surface area contributed by atoms with Crippen LogP contribution in [0.25, 0.3) is 0 Å². The van der Waals surface area contributed by atoms with Crippen LogP contribution in [0.15, 0.2) is 23.2 Å². The van der Waals surface area contributed by atoms with E-state index in [2.05, 4.69) is 20.5 Å². The Morgan fingerprint density at radius 3 is 2.75 bits per heavy atom. The van der Waals surface area contributed by atoms with Gasteiger partial charge in [-0.1, -0.05) is 6.07 Å². The molecule has 28 heavy (non-hydrogen) atoms. The summed E-state index contributed by atoms with van der Waals surface area (Å²) in [7, 11) is 0. The zero-order chi connectivity index (χ0) is 20.0. The van der Waals surface area contributed by atoms with Gasteiger partial charge in [-0.15, -0.1) is 24.0 Å². The van der Waals surface area contributed by atoms with Gasteiger partial charge in [-0.2, -0.15) is 0 Å². The Hall–Kier alpha value is -1.78. The first kappa shape index (κ1) is 24.3. The van der Waals surface area contributed by atoms with Gasteiger partial charge in [0.25, 0.3) is 0 Å². The number of nitrogens with one attached hydrogen (secondary N) is 2. The molecule has 0 aliphatic carbocycles. The molecular formula is C19H30FIN4O3. The second kappa shape index (κ2) is 10.7. The molecule has 1 saturated heterocycles. The Kier molecular flexibility index (Phi) is 9.25. The van der Waals surface area contributed by atoms with E-state index in [1.807, 2.05) is 27.7 Å². The van der Waals surface area contributed by atoms with Crippen molar-refractivity contribution in [2.45, 2.75) is 52.3 Å². The molecule has 2 rings (SSSR count). The van der Waals surface area contributed by atoms with E-state index in [9.17, 15) is 14.3 Å². The minimum atomic E-state index is -0.657. The molecule has 1 aliphatic heterocycles. The molecule has 1 heterocycles. The highest BCUT2D eigenvalue weighted by atomic mass is 127. The van der Waals surface area contributed by atoms with Crippen LogP contribution < -0.4 is 10.6 Å². The van der Waals surface area contributed by atoms with E-state index >= 15 is 0 Å². The van der Waals surface area contributed by atoms with Crippen LogP contribution >= 0.6 is 24.0 Å². The number of ether oxygens (including phenoxy) is 1. The number of halogens is 2. The standard InChI is InChI=1S/C19H29FN4O3.HI/c1-5-21-17(22-11-13-6-7-16(25)15(20)10-13)24-9-8-14(12-24)23-18(26)27-19(2,3)4;/h6-7,10,14,25H,5,8-9,11-12H2,1-4H3,(H,21,22)(H,23,26);1H. The molecule has 1 atom stereocenters. The summed E-state index contributed by atoms with van der Waals surface area (Å²) >= 11 is 0. The lowest BCUT2D eigenvalue weighted by Crippen LogP contribution is -2.44. The molecule has 0 aromatic heterocycles. The van der Waals surface area contributed by atoms with Gasteiger partial charge < -0.3 is 25.4 Å². The molecule has 0 saturated carbocycles. The van der Waals surface area contributed by atoms with E-state index < -0.39 is 17.5 Å². The molecule has 1 aliphatic rings. The van der Waals surface area contributed by atoms with Crippen LogP contribution in [0.5, 0.6) is 5.75 Å². The summed E-state index contributed by atoms with van der Waals surface area (Å²) in [4.78, 5) is 18.5. The number of guanidine groups is 1. The van der Waals surface area contributed by atoms with Gasteiger partial charge in [-0.05, 0) is 51.8 Å². The molecule has 1 fully saturated rings. The predicted octanol–water partition coefficient (Wildman–Crippen LogP) is 3.21. The molecule has 7 nitrogen and oxygen atoms in total. The number of hydrogen-bond acceptors (Lipinski definition) is 4. The third-order valence-electron chi connectivity index (χ3n) is 3.97. The van der Waals surface area contributed by atoms with E-state index in [1.54, 1.807) is 6.07 Å². The zero-order valence-corrected chi connectivity index (χ0v) is 19.1. The fourth-order valence-corrected chi connectivity index (χ4v) is 2.79. The summed E-state index contributed by atoms with van der Waals surface area (Å²) in [6.45, 7) is 9.82. The first-order valence-electron chi connectivity index (χ1n) is 9.18. The van der Waals surface area contributed by atoms with Crippen molar-refractivity contribution in [1.29, 1.82) is 0 Å². The van der Waals surface area contributed by atoms with E-state index in [4.69, 9.17) is 4.74 Å². The molecule has 158 valence electrons. The highest BCUT2D eigenvalue weighted by Gasteiger charge is 2.27. The third kappa shape index (κ3) is 7.69. The second-order valence-electron chi connectivity index (χ2n) is 7.53. The number of aliphatic imine (C=N–C) groups is 1. The fraction of sp³-hybridized carbons (Fsp3) is 0.579. The summed E-state index contributed by atoms with van der Waals surface area (Å²) in [5.41, 5.74) is 0.140. The van der Waals surface area contributed by atoms with Crippen molar-refractivity contribution < 1.29 is 19.0 Å². The van der Waals surface area contributed by atoms with Crippen LogP contribution in [-0.4, -0.2) is 53.3 Å². The lowest BCUT2D eigenvalue weighted by molar-refractivity contribution is 0.0507. The van der Waals surface area contributed by atoms with Crippen LogP contribution in [0.3, 0.4) is 0 Å². The van der Waals surface area contributed by atoms with E-state index in [-0.39, 0.29) is 35.8 Å². The van der Waals surface area contributed by atoms with Crippen molar-refractivity contribution >= 4 is 36.0 Å². The molecular weight excluding hydrogens is 478 g/mol. The first-order chi connectivity index (χ1) is 12.7. The Bertz CT molecular complexity index is 694. The first-order valence-corrected chi connectivity index (χ1v) is 9.18. The molecule has 1 amide bonds. The van der Waals surface area contributed by atoms with Crippen LogP contribution in [0.1, 0.15) is 39.7 Å². The number of hydrogen-bond donors (Lipinski definition) is 3. The van der Waals surface area contributed by atoms with E-state index in [0.717, 1.165) is 13.0 Å². The van der Waals surface area contributed by atoms with Crippen molar-refractivity contribution in [3.8, 4) is 5.75 Å². The van der Waals surface area contributed by atoms with Gasteiger partial charge in [-0.3, -0.25) is 0 Å². The molecule has 0 spiro atoms. The van der Waals surface area contributed by atoms with Gasteiger partial charge >= 0.3 is 6.09 Å². The van der Waals surface area contributed by atoms with E-state index in [1.165, 1.54) is 12.1 Å². The summed E-state index contributed by atoms with van der Waals surface area (Å²) in [6, 6.07) is 4.22. The van der Waals surface area contributed by atoms with Crippen molar-refractivity contribution in [2.24, 2.45) is 4.99 Å². The molecule has 9 heteroatoms. The number of likely N-dealkylation sites (tertiary alicyclic amines) is 1. The third-order valence-corrected chi connectivity index (χ3v) is 3.97. The zero-order valence-electron chi connectivity index (χ0n) is 16.8. The number of phenols is 1. The Morgan fingerprint density at radius 1 is 1.43 bits per heavy atom. The summed E-state index contributed by atoms with van der Waals surface area (Å²) < 4.78 is 18.8. The van der Waals surface area contributed by atoms with Crippen LogP contribution in [0.4, 0.5) is 9.18 Å². The second-order valence-corrected chi connectivity index (χ2v) is 7.53. The molecule has 0 bridgehead atoms. The van der Waals surface area contributed by atoms with E-state index in [0.29, 0.717) is 31.2 Å². The summed E-state index contributed by atoms with van der Waals surface area (Å²) in [6.07, 6.45) is 0.369. The number of benzene rings is 1. The van der Waals surface area contributed by atoms with Crippen LogP contribution in [-0.2, 0) is 11.3 Å². The number of aromatic hydroxyl groups is 1. The largest absolute Gasteiger partial charge is 0.505 e. The van der Waals surface area contributed by atoms with Gasteiger partial charge in [0.15, 0.2) is 17.5 Å². The lowest BCUT2D eigenvalue weighted by atomic mass is 10.2. The number of rotatable bonds is 4. The molecule has 3 N–H and O–H groups in total. The normalized spacial score (nSPS) is 17.1. The lowest BCUT2D eigenvalue weighted by Gasteiger charge is -2.23. The van der Waals surface area contributed by atoms with Gasteiger partial charge in [0, 0.05) is 19.6 Å². The molecule has 1 aromatic carbocycles. The Balaban J connectivity index is 0.00000392. The summed E-state index contributed by atoms with van der Waals surface area (Å²) in [5, 5.41) is 15.4. The maximum Gasteiger partial charge on any atom is 0.407 e. The fourth-order valence-electron chi connectivity index (χ4n) is 2.79. The number of carbonyl (C=O) groups is 1. The van der Waals surface area contributed by atoms with Crippen LogP contribution in [0.2, 0.25) is 0 Å². The maximum absolute atomic E-state index is 13.5. The van der Waals surface area contributed by atoms with Crippen molar-refractivity contribution in [2.75, 3.05) is 19.6 Å². The topological polar surface area (TPSA) is 86.2 Å². The highest BCUT2D eigenvalue weighted by Crippen LogP contribution is 2.17. The highest BCUT2D eigenvalue weighted by molar-refractivity contribution is 14.0. The van der Waals surface area contributed by atoms with Gasteiger partial charge in [-0.25, -0.2) is 14.2 Å². The van der Waals surface area contributed by atoms with Crippen molar-refractivity contribution in [3.05, 3.63) is 29.6 Å². The number of amides is 1. The Morgan fingerprint density at radius 2 is 2.14 bits per heavy atom. The van der Waals surface area contributed by atoms with Crippen LogP contribution in [0, 0.1) is 5.82 Å². The number of carbonyl (C=O) groups excluding carboxylic acids is 1. The number of nitrogens with zero attached hydrogens (tertiary/aromatic N) is 2. The predicted molar refractivity (Wildman–Crippen MR) is 118 cm³/mol. The van der Waals surface area contributed by atoms with Gasteiger partial charge in [0.1, 0.15) is 5.60 Å². The minimum absolute atomic E-state index is 0. The SMILES string of the molecule is CCNC(=NCc1ccc(O)c(F)c1)N1CCC(NC(=O)OC(C)(C)C)C1.I. The number of alkyl carbamates (subject to hydrolysis) is 1. The smallest absolute Gasteiger partial charge is 0.407 e. The van der Waals surface area contributed by atoms with Crippen molar-refractivity contribution in [1.82, 2.24) is 15.5 Å². The minimum Gasteiger partial charge on any atom is -0.505 e. The quantitative estimate of drug-likeness (QED) is 0.331. The van der Waals surface area contributed by atoms with Gasteiger partial charge in [0.05, 0.1) is 12.6 Å². The average Bonchev–Trinajstić information content (AvgIpc) is 3.01. The van der Waals surface area contributed by atoms with Gasteiger partial charge in [0.2, 0.25) is 0 Å². The molecule has 1 aromatic rings. The summed E-state index contributed by atoms with van der Waals surface area (Å²) in [5.74, 6) is -0.319. The average molecular weight is 508 g/mol. The Labute approximate surface area is 182 Å². The number of phenolic OH excluding ortho intramolecular Hbond substituents is 1.